The second-order valence-corrected chi connectivity index (χ2v) is 8.68. The van der Waals surface area contributed by atoms with E-state index in [2.05, 4.69) is 27.7 Å². The van der Waals surface area contributed by atoms with Crippen LogP contribution < -0.4 is 0 Å². The summed E-state index contributed by atoms with van der Waals surface area (Å²) in [5.74, 6) is 3.72. The van der Waals surface area contributed by atoms with Gasteiger partial charge in [0.05, 0.1) is 12.2 Å². The minimum Gasteiger partial charge on any atom is -0.355 e. The zero-order valence-corrected chi connectivity index (χ0v) is 13.1. The highest BCUT2D eigenvalue weighted by Crippen LogP contribution is 2.59. The van der Waals surface area contributed by atoms with Crippen molar-refractivity contribution >= 4 is 0 Å². The van der Waals surface area contributed by atoms with E-state index in [1.54, 1.807) is 0 Å². The van der Waals surface area contributed by atoms with Crippen molar-refractivity contribution in [2.75, 3.05) is 13.4 Å². The van der Waals surface area contributed by atoms with Crippen LogP contribution in [0.15, 0.2) is 0 Å². The third kappa shape index (κ3) is 2.85. The molecule has 0 aromatic rings. The largest absolute Gasteiger partial charge is 0.355 e. The van der Waals surface area contributed by atoms with E-state index in [1.807, 2.05) is 0 Å². The summed E-state index contributed by atoms with van der Waals surface area (Å²) in [7, 11) is 0. The van der Waals surface area contributed by atoms with E-state index >= 15 is 0 Å². The van der Waals surface area contributed by atoms with Crippen LogP contribution >= 0.6 is 0 Å². The first-order chi connectivity index (χ1) is 8.87. The highest BCUT2D eigenvalue weighted by molar-refractivity contribution is 5.05. The van der Waals surface area contributed by atoms with Crippen LogP contribution in [0.4, 0.5) is 0 Å². The second-order valence-electron chi connectivity index (χ2n) is 8.68. The molecule has 0 saturated heterocycles. The Hall–Kier alpha value is -0.0800. The number of rotatable bonds is 4. The molecule has 0 aromatic heterocycles. The van der Waals surface area contributed by atoms with Crippen molar-refractivity contribution in [2.45, 2.75) is 65.4 Å². The van der Waals surface area contributed by atoms with Gasteiger partial charge in [0.2, 0.25) is 0 Å². The molecule has 4 aliphatic rings. The molecule has 0 spiro atoms. The summed E-state index contributed by atoms with van der Waals surface area (Å²) in [6.45, 7) is 10.4. The molecular weight excluding hydrogens is 236 g/mol. The summed E-state index contributed by atoms with van der Waals surface area (Å²) >= 11 is 0. The van der Waals surface area contributed by atoms with Gasteiger partial charge in [-0.3, -0.25) is 0 Å². The topological polar surface area (TPSA) is 18.5 Å². The summed E-state index contributed by atoms with van der Waals surface area (Å²) in [6.07, 6.45) is 6.81. The molecule has 2 atom stereocenters. The molecule has 2 heteroatoms. The Morgan fingerprint density at radius 3 is 2.26 bits per heavy atom. The Bertz CT molecular complexity index is 315. The van der Waals surface area contributed by atoms with Gasteiger partial charge >= 0.3 is 0 Å². The maximum absolute atomic E-state index is 6.26. The molecule has 4 rings (SSSR count). The van der Waals surface area contributed by atoms with E-state index in [-0.39, 0.29) is 11.0 Å². The molecule has 0 amide bonds. The maximum atomic E-state index is 6.26. The van der Waals surface area contributed by atoms with Crippen LogP contribution in [0.2, 0.25) is 0 Å². The molecule has 2 nitrogen and oxygen atoms in total. The van der Waals surface area contributed by atoms with Crippen LogP contribution in [0.25, 0.3) is 0 Å². The molecule has 4 aliphatic carbocycles. The van der Waals surface area contributed by atoms with Crippen LogP contribution in [-0.4, -0.2) is 19.0 Å². The summed E-state index contributed by atoms with van der Waals surface area (Å²) in [5.41, 5.74) is 0.417. The quantitative estimate of drug-likeness (QED) is 0.560. The fourth-order valence-corrected chi connectivity index (χ4v) is 4.89. The van der Waals surface area contributed by atoms with E-state index in [0.717, 1.165) is 30.3 Å². The van der Waals surface area contributed by atoms with E-state index in [0.29, 0.717) is 6.79 Å². The first-order valence-corrected chi connectivity index (χ1v) is 8.09. The van der Waals surface area contributed by atoms with Crippen molar-refractivity contribution in [2.24, 2.45) is 29.1 Å². The average molecular weight is 266 g/mol. The summed E-state index contributed by atoms with van der Waals surface area (Å²) in [5, 5.41) is 0. The maximum Gasteiger partial charge on any atom is 0.147 e. The fourth-order valence-electron chi connectivity index (χ4n) is 4.89. The van der Waals surface area contributed by atoms with Gasteiger partial charge in [0.1, 0.15) is 6.79 Å². The van der Waals surface area contributed by atoms with Gasteiger partial charge in [-0.15, -0.1) is 0 Å². The second kappa shape index (κ2) is 4.73. The van der Waals surface area contributed by atoms with Gasteiger partial charge in [0.15, 0.2) is 0 Å². The van der Waals surface area contributed by atoms with Crippen molar-refractivity contribution in [1.82, 2.24) is 0 Å². The standard InChI is InChI=1S/C17H30O2/c1-12-14-5-13-6-15(12)9-17(7-13,8-14)19-11-18-10-16(2,3)4/h12-15H,5-11H2,1-4H3. The first-order valence-electron chi connectivity index (χ1n) is 8.09. The van der Waals surface area contributed by atoms with Crippen molar-refractivity contribution in [3.05, 3.63) is 0 Å². The van der Waals surface area contributed by atoms with E-state index in [9.17, 15) is 0 Å². The van der Waals surface area contributed by atoms with Gasteiger partial charge in [-0.2, -0.15) is 0 Å². The van der Waals surface area contributed by atoms with E-state index in [4.69, 9.17) is 9.47 Å². The third-order valence-electron chi connectivity index (χ3n) is 5.67. The summed E-state index contributed by atoms with van der Waals surface area (Å²) in [4.78, 5) is 0. The van der Waals surface area contributed by atoms with Crippen LogP contribution in [0, 0.1) is 29.1 Å². The predicted molar refractivity (Wildman–Crippen MR) is 76.8 cm³/mol. The lowest BCUT2D eigenvalue weighted by atomic mass is 9.50. The molecular formula is C17H30O2. The lowest BCUT2D eigenvalue weighted by Crippen LogP contribution is -2.55. The highest BCUT2D eigenvalue weighted by atomic mass is 16.7. The third-order valence-corrected chi connectivity index (χ3v) is 5.67. The predicted octanol–water partition coefficient (Wildman–Crippen LogP) is 4.24. The molecule has 2 unspecified atom stereocenters. The van der Waals surface area contributed by atoms with Crippen molar-refractivity contribution in [1.29, 1.82) is 0 Å². The molecule has 0 aromatic carbocycles. The zero-order valence-electron chi connectivity index (χ0n) is 13.1. The minimum absolute atomic E-state index is 0.181. The Balaban J connectivity index is 1.54. The lowest BCUT2D eigenvalue weighted by molar-refractivity contribution is -0.223. The average Bonchev–Trinajstić information content (AvgIpc) is 2.29. The molecule has 0 radical (unpaired) electrons. The van der Waals surface area contributed by atoms with Gasteiger partial charge in [0.25, 0.3) is 0 Å². The van der Waals surface area contributed by atoms with Gasteiger partial charge in [-0.25, -0.2) is 0 Å². The number of ether oxygens (including phenoxy) is 2. The molecule has 0 heterocycles. The SMILES string of the molecule is CC1C2CC3CC1CC(OCOCC(C)(C)C)(C3)C2. The van der Waals surface area contributed by atoms with Gasteiger partial charge in [0, 0.05) is 0 Å². The van der Waals surface area contributed by atoms with E-state index < -0.39 is 0 Å². The van der Waals surface area contributed by atoms with Gasteiger partial charge in [-0.05, 0) is 61.2 Å². The molecule has 0 N–H and O–H groups in total. The molecule has 4 fully saturated rings. The monoisotopic (exact) mass is 266 g/mol. The Morgan fingerprint density at radius 2 is 1.68 bits per heavy atom. The van der Waals surface area contributed by atoms with Crippen LogP contribution in [0.3, 0.4) is 0 Å². The van der Waals surface area contributed by atoms with Gasteiger partial charge in [-0.1, -0.05) is 27.7 Å². The zero-order chi connectivity index (χ0) is 13.7. The Morgan fingerprint density at radius 1 is 1.05 bits per heavy atom. The minimum atomic E-state index is 0.181. The molecule has 0 aliphatic heterocycles. The lowest BCUT2D eigenvalue weighted by Gasteiger charge is -2.59. The molecule has 4 saturated carbocycles. The number of hydrogen-bond donors (Lipinski definition) is 0. The van der Waals surface area contributed by atoms with Crippen LogP contribution in [0.1, 0.15) is 59.8 Å². The Kier molecular flexibility index (Phi) is 3.46. The molecule has 110 valence electrons. The first kappa shape index (κ1) is 13.9. The van der Waals surface area contributed by atoms with Crippen molar-refractivity contribution < 1.29 is 9.47 Å². The number of hydrogen-bond acceptors (Lipinski definition) is 2. The van der Waals surface area contributed by atoms with Crippen molar-refractivity contribution in [3.63, 3.8) is 0 Å². The summed E-state index contributed by atoms with van der Waals surface area (Å²) in [6, 6.07) is 0. The van der Waals surface area contributed by atoms with Crippen LogP contribution in [-0.2, 0) is 9.47 Å². The van der Waals surface area contributed by atoms with Crippen molar-refractivity contribution in [3.8, 4) is 0 Å². The normalized spacial score (nSPS) is 44.8. The Labute approximate surface area is 118 Å². The van der Waals surface area contributed by atoms with Gasteiger partial charge < -0.3 is 9.47 Å². The molecule has 4 bridgehead atoms. The smallest absolute Gasteiger partial charge is 0.147 e. The summed E-state index contributed by atoms with van der Waals surface area (Å²) < 4.78 is 12.0. The molecule has 19 heavy (non-hydrogen) atoms. The fraction of sp³-hybridized carbons (Fsp3) is 1.00. The highest BCUT2D eigenvalue weighted by Gasteiger charge is 2.54. The van der Waals surface area contributed by atoms with E-state index in [1.165, 1.54) is 32.1 Å². The van der Waals surface area contributed by atoms with Crippen LogP contribution in [0.5, 0.6) is 0 Å².